The predicted octanol–water partition coefficient (Wildman–Crippen LogP) is 1.32. The number of furan rings is 1. The quantitative estimate of drug-likeness (QED) is 0.768. The molecule has 0 aromatic carbocycles. The summed E-state index contributed by atoms with van der Waals surface area (Å²) in [6.45, 7) is 1.76. The Kier molecular flexibility index (Phi) is 5.42. The van der Waals surface area contributed by atoms with E-state index in [0.717, 1.165) is 18.6 Å². The highest BCUT2D eigenvalue weighted by Crippen LogP contribution is 2.05. The topological polar surface area (TPSA) is 71.7 Å². The molecule has 5 heteroatoms. The lowest BCUT2D eigenvalue weighted by Gasteiger charge is -2.12. The van der Waals surface area contributed by atoms with Gasteiger partial charge >= 0.3 is 6.09 Å². The molecule has 1 aromatic heterocycles. The molecule has 90 valence electrons. The van der Waals surface area contributed by atoms with E-state index in [2.05, 4.69) is 10.1 Å². The lowest BCUT2D eigenvalue weighted by molar-refractivity contribution is 0.116. The van der Waals surface area contributed by atoms with Gasteiger partial charge in [-0.25, -0.2) is 4.79 Å². The van der Waals surface area contributed by atoms with Crippen molar-refractivity contribution in [2.24, 2.45) is 0 Å². The first-order valence-electron chi connectivity index (χ1n) is 5.29. The Morgan fingerprint density at radius 2 is 2.50 bits per heavy atom. The minimum absolute atomic E-state index is 0.0105. The van der Waals surface area contributed by atoms with Gasteiger partial charge in [-0.15, -0.1) is 0 Å². The zero-order valence-corrected chi connectivity index (χ0v) is 9.31. The molecule has 2 N–H and O–H groups in total. The molecule has 0 saturated carbocycles. The third-order valence-electron chi connectivity index (χ3n) is 2.09. The molecule has 1 heterocycles. The number of carbonyl (C=O) groups is 1. The van der Waals surface area contributed by atoms with Crippen LogP contribution in [0.4, 0.5) is 4.79 Å². The average Bonchev–Trinajstić information content (AvgIpc) is 2.76. The maximum atomic E-state index is 11.1. The van der Waals surface area contributed by atoms with Crippen LogP contribution in [-0.4, -0.2) is 30.5 Å². The Morgan fingerprint density at radius 1 is 1.69 bits per heavy atom. The van der Waals surface area contributed by atoms with E-state index in [0.29, 0.717) is 0 Å². The van der Waals surface area contributed by atoms with Crippen molar-refractivity contribution in [2.75, 3.05) is 13.2 Å². The van der Waals surface area contributed by atoms with Crippen LogP contribution in [0.15, 0.2) is 22.8 Å². The van der Waals surface area contributed by atoms with E-state index >= 15 is 0 Å². The van der Waals surface area contributed by atoms with E-state index in [4.69, 9.17) is 9.52 Å². The lowest BCUT2D eigenvalue weighted by Crippen LogP contribution is -2.33. The van der Waals surface area contributed by atoms with Gasteiger partial charge < -0.3 is 19.6 Å². The summed E-state index contributed by atoms with van der Waals surface area (Å²) in [5.74, 6) is 0.900. The van der Waals surface area contributed by atoms with E-state index in [1.807, 2.05) is 19.1 Å². The fourth-order valence-electron chi connectivity index (χ4n) is 1.27. The molecule has 0 aliphatic carbocycles. The third-order valence-corrected chi connectivity index (χ3v) is 2.09. The summed E-state index contributed by atoms with van der Waals surface area (Å²) in [6.07, 6.45) is 2.68. The summed E-state index contributed by atoms with van der Waals surface area (Å²) in [4.78, 5) is 11.1. The number of hydrogen-bond acceptors (Lipinski definition) is 4. The molecule has 1 unspecified atom stereocenters. The molecule has 0 radical (unpaired) electrons. The number of nitrogens with one attached hydrogen (secondary N) is 1. The molecule has 1 atom stereocenters. The average molecular weight is 227 g/mol. The van der Waals surface area contributed by atoms with Crippen LogP contribution >= 0.6 is 0 Å². The standard InChI is InChI=1S/C11H17NO4/c1-9(12-11(14)16-8-6-13)4-5-10-3-2-7-15-10/h2-3,7,9,13H,4-6,8H2,1H3,(H,12,14). The SMILES string of the molecule is CC(CCc1ccco1)NC(=O)OCCO. The molecule has 0 aliphatic rings. The van der Waals surface area contributed by atoms with Gasteiger partial charge in [0.05, 0.1) is 12.9 Å². The smallest absolute Gasteiger partial charge is 0.407 e. The van der Waals surface area contributed by atoms with Gasteiger partial charge in [0.2, 0.25) is 0 Å². The van der Waals surface area contributed by atoms with Crippen molar-refractivity contribution in [3.63, 3.8) is 0 Å². The summed E-state index contributed by atoms with van der Waals surface area (Å²) >= 11 is 0. The van der Waals surface area contributed by atoms with E-state index < -0.39 is 6.09 Å². The van der Waals surface area contributed by atoms with Gasteiger partial charge in [-0.05, 0) is 25.5 Å². The van der Waals surface area contributed by atoms with E-state index in [-0.39, 0.29) is 19.3 Å². The Morgan fingerprint density at radius 3 is 3.12 bits per heavy atom. The molecule has 5 nitrogen and oxygen atoms in total. The molecule has 1 aromatic rings. The number of ether oxygens (including phenoxy) is 1. The van der Waals surface area contributed by atoms with Crippen LogP contribution in [0.1, 0.15) is 19.1 Å². The van der Waals surface area contributed by atoms with E-state index in [1.165, 1.54) is 0 Å². The number of alkyl carbamates (subject to hydrolysis) is 1. The molecular formula is C11H17NO4. The summed E-state index contributed by atoms with van der Waals surface area (Å²) in [6, 6.07) is 3.75. The number of rotatable bonds is 6. The highest BCUT2D eigenvalue weighted by Gasteiger charge is 2.08. The molecular weight excluding hydrogens is 210 g/mol. The van der Waals surface area contributed by atoms with Gasteiger partial charge in [0.25, 0.3) is 0 Å². The Hall–Kier alpha value is -1.49. The van der Waals surface area contributed by atoms with Gasteiger partial charge in [0.1, 0.15) is 12.4 Å². The molecule has 0 fully saturated rings. The van der Waals surface area contributed by atoms with Crippen LogP contribution in [0.3, 0.4) is 0 Å². The van der Waals surface area contributed by atoms with Gasteiger partial charge in [-0.3, -0.25) is 0 Å². The maximum absolute atomic E-state index is 11.1. The van der Waals surface area contributed by atoms with Crippen LogP contribution in [0.5, 0.6) is 0 Å². The maximum Gasteiger partial charge on any atom is 0.407 e. The highest BCUT2D eigenvalue weighted by molar-refractivity contribution is 5.67. The van der Waals surface area contributed by atoms with Crippen LogP contribution in [0.2, 0.25) is 0 Å². The highest BCUT2D eigenvalue weighted by atomic mass is 16.6. The summed E-state index contributed by atoms with van der Waals surface area (Å²) in [5.41, 5.74) is 0. The van der Waals surface area contributed by atoms with Gasteiger partial charge in [-0.2, -0.15) is 0 Å². The minimum Gasteiger partial charge on any atom is -0.469 e. The van der Waals surface area contributed by atoms with Gasteiger partial charge in [0, 0.05) is 12.5 Å². The molecule has 0 bridgehead atoms. The van der Waals surface area contributed by atoms with E-state index in [9.17, 15) is 4.79 Å². The molecule has 0 aliphatic heterocycles. The fraction of sp³-hybridized carbons (Fsp3) is 0.545. The first kappa shape index (κ1) is 12.6. The lowest BCUT2D eigenvalue weighted by atomic mass is 10.1. The molecule has 1 rings (SSSR count). The van der Waals surface area contributed by atoms with Gasteiger partial charge in [0.15, 0.2) is 0 Å². The van der Waals surface area contributed by atoms with Crippen LogP contribution in [0, 0.1) is 0 Å². The van der Waals surface area contributed by atoms with Crippen molar-refractivity contribution in [3.05, 3.63) is 24.2 Å². The van der Waals surface area contributed by atoms with Crippen molar-refractivity contribution in [1.82, 2.24) is 5.32 Å². The zero-order valence-electron chi connectivity index (χ0n) is 9.31. The second-order valence-corrected chi connectivity index (χ2v) is 3.52. The Labute approximate surface area is 94.4 Å². The Balaban J connectivity index is 2.15. The van der Waals surface area contributed by atoms with Crippen molar-refractivity contribution in [3.8, 4) is 0 Å². The second kappa shape index (κ2) is 6.90. The largest absolute Gasteiger partial charge is 0.469 e. The summed E-state index contributed by atoms with van der Waals surface area (Å²) < 4.78 is 9.85. The van der Waals surface area contributed by atoms with Gasteiger partial charge in [-0.1, -0.05) is 0 Å². The molecule has 1 amide bonds. The van der Waals surface area contributed by atoms with Crippen molar-refractivity contribution >= 4 is 6.09 Å². The fourth-order valence-corrected chi connectivity index (χ4v) is 1.27. The number of aliphatic hydroxyl groups is 1. The zero-order chi connectivity index (χ0) is 11.8. The van der Waals surface area contributed by atoms with Crippen molar-refractivity contribution < 1.29 is 19.1 Å². The van der Waals surface area contributed by atoms with Crippen molar-refractivity contribution in [1.29, 1.82) is 0 Å². The first-order valence-corrected chi connectivity index (χ1v) is 5.29. The predicted molar refractivity (Wildman–Crippen MR) is 58.1 cm³/mol. The number of carbonyl (C=O) groups excluding carboxylic acids is 1. The van der Waals surface area contributed by atoms with Crippen LogP contribution < -0.4 is 5.32 Å². The molecule has 16 heavy (non-hydrogen) atoms. The summed E-state index contributed by atoms with van der Waals surface area (Å²) in [7, 11) is 0. The first-order chi connectivity index (χ1) is 7.72. The number of hydrogen-bond donors (Lipinski definition) is 2. The third kappa shape index (κ3) is 4.84. The second-order valence-electron chi connectivity index (χ2n) is 3.52. The minimum atomic E-state index is -0.499. The number of aliphatic hydroxyl groups excluding tert-OH is 1. The summed E-state index contributed by atoms with van der Waals surface area (Å²) in [5, 5.41) is 11.1. The van der Waals surface area contributed by atoms with E-state index in [1.54, 1.807) is 6.26 Å². The Bertz CT molecular complexity index is 297. The normalized spacial score (nSPS) is 12.1. The molecule has 0 spiro atoms. The van der Waals surface area contributed by atoms with Crippen LogP contribution in [-0.2, 0) is 11.2 Å². The van der Waals surface area contributed by atoms with Crippen LogP contribution in [0.25, 0.3) is 0 Å². The number of amides is 1. The van der Waals surface area contributed by atoms with Crippen molar-refractivity contribution in [2.45, 2.75) is 25.8 Å². The molecule has 0 saturated heterocycles. The number of aryl methyl sites for hydroxylation is 1. The monoisotopic (exact) mass is 227 g/mol.